The fourth-order valence-electron chi connectivity index (χ4n) is 3.87. The summed E-state index contributed by atoms with van der Waals surface area (Å²) in [7, 11) is 1.84. The summed E-state index contributed by atoms with van der Waals surface area (Å²) in [6, 6.07) is 0. The molecule has 0 spiro atoms. The van der Waals surface area contributed by atoms with Crippen LogP contribution in [0.4, 0.5) is 5.82 Å². The summed E-state index contributed by atoms with van der Waals surface area (Å²) < 4.78 is 21.3. The average Bonchev–Trinajstić information content (AvgIpc) is 3.49. The number of nitrogens with zero attached hydrogens (tertiary/aromatic N) is 9. The quantitative estimate of drug-likeness (QED) is 0.0420. The van der Waals surface area contributed by atoms with Crippen molar-refractivity contribution in [1.82, 2.24) is 24.4 Å². The lowest BCUT2D eigenvalue weighted by molar-refractivity contribution is -0.0536. The van der Waals surface area contributed by atoms with Crippen LogP contribution in [0.5, 0.6) is 0 Å². The largest absolute Gasteiger partial charge is 0.414 e. The highest BCUT2D eigenvalue weighted by Gasteiger charge is 2.42. The molecular weight excluding hydrogens is 514 g/mol. The molecule has 3 rings (SSSR count). The smallest absolute Gasteiger partial charge is 0.192 e. The Hall–Kier alpha value is -2.83. The molecule has 0 unspecified atom stereocenters. The Bertz CT molecular complexity index is 1170. The second-order valence-corrected chi connectivity index (χ2v) is 16.3. The summed E-state index contributed by atoms with van der Waals surface area (Å²) in [5, 5.41) is 3.67. The maximum absolute atomic E-state index is 8.36. The molecule has 0 saturated carbocycles. The standard InChI is InChI=1S/C26H43N9O3Si/c1-26(2,3)39(6,7)37-16-21-20(36-14-12-10-8-9-11-13-32-33-27)15-22(38-21)35-19-30-23-24(31-18-34(4)5)28-17-29-25(23)35/h10,12,17-22H,8-9,11,13-16H2,1-7H3/b12-10+,31-18+/t20-,21+,22+/m0/s1. The first-order chi connectivity index (χ1) is 18.5. The van der Waals surface area contributed by atoms with Crippen molar-refractivity contribution < 1.29 is 13.9 Å². The van der Waals surface area contributed by atoms with Crippen LogP contribution in [0.25, 0.3) is 21.6 Å². The number of unbranched alkanes of at least 4 members (excludes halogenated alkanes) is 2. The van der Waals surface area contributed by atoms with Crippen molar-refractivity contribution in [1.29, 1.82) is 0 Å². The van der Waals surface area contributed by atoms with Crippen molar-refractivity contribution in [2.45, 2.75) is 83.0 Å². The highest BCUT2D eigenvalue weighted by molar-refractivity contribution is 6.74. The topological polar surface area (TPSA) is 136 Å². The summed E-state index contributed by atoms with van der Waals surface area (Å²) in [5.74, 6) is 0.514. The van der Waals surface area contributed by atoms with E-state index in [1.165, 1.54) is 6.33 Å². The lowest BCUT2D eigenvalue weighted by Gasteiger charge is -2.37. The van der Waals surface area contributed by atoms with Crippen LogP contribution >= 0.6 is 0 Å². The number of aromatic nitrogens is 4. The third-order valence-corrected chi connectivity index (χ3v) is 11.7. The van der Waals surface area contributed by atoms with Crippen LogP contribution in [0.15, 0.2) is 34.9 Å². The van der Waals surface area contributed by atoms with E-state index in [2.05, 4.69) is 69.9 Å². The van der Waals surface area contributed by atoms with Crippen molar-refractivity contribution in [3.05, 3.63) is 35.2 Å². The number of fused-ring (bicyclic) bond motifs is 1. The number of imidazole rings is 1. The molecule has 214 valence electrons. The number of aliphatic imine (C=N–C) groups is 1. The molecule has 0 aliphatic carbocycles. The van der Waals surface area contributed by atoms with E-state index in [4.69, 9.17) is 19.4 Å². The minimum Gasteiger partial charge on any atom is -0.414 e. The second kappa shape index (κ2) is 14.0. The Morgan fingerprint density at radius 3 is 2.74 bits per heavy atom. The molecule has 1 aliphatic rings. The van der Waals surface area contributed by atoms with Gasteiger partial charge in [-0.3, -0.25) is 4.57 Å². The van der Waals surface area contributed by atoms with Crippen molar-refractivity contribution in [2.75, 3.05) is 33.9 Å². The highest BCUT2D eigenvalue weighted by Crippen LogP contribution is 2.39. The molecule has 1 fully saturated rings. The van der Waals surface area contributed by atoms with Crippen LogP contribution in [-0.2, 0) is 13.9 Å². The van der Waals surface area contributed by atoms with Crippen LogP contribution in [0.3, 0.4) is 0 Å². The Morgan fingerprint density at radius 2 is 2.03 bits per heavy atom. The van der Waals surface area contributed by atoms with Gasteiger partial charge in [0.05, 0.1) is 32.0 Å². The number of ether oxygens (including phenoxy) is 2. The number of hydrogen-bond donors (Lipinski definition) is 0. The zero-order valence-electron chi connectivity index (χ0n) is 24.3. The maximum Gasteiger partial charge on any atom is 0.192 e. The Balaban J connectivity index is 1.71. The van der Waals surface area contributed by atoms with Gasteiger partial charge < -0.3 is 18.8 Å². The predicted molar refractivity (Wildman–Crippen MR) is 156 cm³/mol. The Kier molecular flexibility index (Phi) is 11.0. The zero-order valence-corrected chi connectivity index (χ0v) is 25.3. The zero-order chi connectivity index (χ0) is 28.5. The van der Waals surface area contributed by atoms with Gasteiger partial charge in [0, 0.05) is 32.0 Å². The fraction of sp³-hybridized carbons (Fsp3) is 0.692. The third kappa shape index (κ3) is 8.57. The average molecular weight is 558 g/mol. The van der Waals surface area contributed by atoms with Crippen LogP contribution < -0.4 is 0 Å². The predicted octanol–water partition coefficient (Wildman–Crippen LogP) is 5.78. The second-order valence-electron chi connectivity index (χ2n) is 11.5. The van der Waals surface area contributed by atoms with E-state index in [0.717, 1.165) is 19.3 Å². The molecule has 0 N–H and O–H groups in total. The van der Waals surface area contributed by atoms with E-state index in [9.17, 15) is 0 Å². The summed E-state index contributed by atoms with van der Waals surface area (Å²) in [6.45, 7) is 12.7. The number of azide groups is 1. The third-order valence-electron chi connectivity index (χ3n) is 7.17. The molecule has 13 heteroatoms. The monoisotopic (exact) mass is 557 g/mol. The maximum atomic E-state index is 8.36. The fourth-order valence-corrected chi connectivity index (χ4v) is 4.89. The van der Waals surface area contributed by atoms with E-state index in [-0.39, 0.29) is 23.5 Å². The van der Waals surface area contributed by atoms with Crippen molar-refractivity contribution >= 4 is 31.6 Å². The molecule has 12 nitrogen and oxygen atoms in total. The van der Waals surface area contributed by atoms with Crippen LogP contribution in [0.2, 0.25) is 18.1 Å². The number of hydrogen-bond acceptors (Lipinski definition) is 8. The molecule has 0 amide bonds. The van der Waals surface area contributed by atoms with E-state index in [0.29, 0.717) is 43.2 Å². The first kappa shape index (κ1) is 30.7. The number of allylic oxidation sites excluding steroid dienone is 1. The van der Waals surface area contributed by atoms with Crippen molar-refractivity contribution in [2.24, 2.45) is 10.1 Å². The van der Waals surface area contributed by atoms with Gasteiger partial charge in [-0.2, -0.15) is 0 Å². The first-order valence-electron chi connectivity index (χ1n) is 13.5. The minimum atomic E-state index is -1.96. The Labute approximate surface area is 232 Å². The molecule has 0 aromatic carbocycles. The number of rotatable bonds is 14. The molecule has 1 saturated heterocycles. The van der Waals surface area contributed by atoms with Gasteiger partial charge in [0.2, 0.25) is 0 Å². The molecule has 2 aromatic rings. The first-order valence-corrected chi connectivity index (χ1v) is 16.4. The van der Waals surface area contributed by atoms with Gasteiger partial charge >= 0.3 is 0 Å². The molecule has 1 aliphatic heterocycles. The van der Waals surface area contributed by atoms with Gasteiger partial charge in [0.25, 0.3) is 0 Å². The van der Waals surface area contributed by atoms with Gasteiger partial charge in [0.15, 0.2) is 25.3 Å². The SMILES string of the molecule is CN(C)/C=N/c1ncnc2c1ncn2[C@H]1C[C@H](OC/C=C/CCCCN=[N+]=[N-])[C@@H](CO[Si](C)(C)C(C)(C)C)O1. The molecule has 39 heavy (non-hydrogen) atoms. The van der Waals surface area contributed by atoms with Crippen LogP contribution in [0, 0.1) is 0 Å². The normalized spacial score (nSPS) is 20.3. The summed E-state index contributed by atoms with van der Waals surface area (Å²) in [4.78, 5) is 22.4. The summed E-state index contributed by atoms with van der Waals surface area (Å²) >= 11 is 0. The molecule has 3 heterocycles. The van der Waals surface area contributed by atoms with Crippen molar-refractivity contribution in [3.63, 3.8) is 0 Å². The Morgan fingerprint density at radius 1 is 1.23 bits per heavy atom. The van der Waals surface area contributed by atoms with Crippen molar-refractivity contribution in [3.8, 4) is 0 Å². The summed E-state index contributed by atoms with van der Waals surface area (Å²) in [6.07, 6.45) is 11.9. The molecule has 2 aromatic heterocycles. The molecule has 3 atom stereocenters. The van der Waals surface area contributed by atoms with E-state index >= 15 is 0 Å². The summed E-state index contributed by atoms with van der Waals surface area (Å²) in [5.41, 5.74) is 9.66. The molecule has 0 bridgehead atoms. The highest BCUT2D eigenvalue weighted by atomic mass is 28.4. The van der Waals surface area contributed by atoms with Gasteiger partial charge in [-0.15, -0.1) is 0 Å². The van der Waals surface area contributed by atoms with E-state index < -0.39 is 8.32 Å². The lowest BCUT2D eigenvalue weighted by atomic mass is 10.2. The molecule has 0 radical (unpaired) electrons. The van der Waals surface area contributed by atoms with E-state index in [1.54, 1.807) is 12.7 Å². The van der Waals surface area contributed by atoms with Gasteiger partial charge in [-0.25, -0.2) is 19.9 Å². The van der Waals surface area contributed by atoms with Gasteiger partial charge in [-0.05, 0) is 42.9 Å². The van der Waals surface area contributed by atoms with Crippen LogP contribution in [-0.4, -0.2) is 85.1 Å². The minimum absolute atomic E-state index is 0.101. The lowest BCUT2D eigenvalue weighted by Crippen LogP contribution is -2.44. The van der Waals surface area contributed by atoms with Crippen LogP contribution in [0.1, 0.15) is 52.7 Å². The molecular formula is C26H43N9O3Si. The van der Waals surface area contributed by atoms with Gasteiger partial charge in [0.1, 0.15) is 18.7 Å². The van der Waals surface area contributed by atoms with E-state index in [1.807, 2.05) is 29.6 Å². The van der Waals surface area contributed by atoms with Gasteiger partial charge in [-0.1, -0.05) is 38.0 Å².